The average Bonchev–Trinajstić information content (AvgIpc) is 3.63. The van der Waals surface area contributed by atoms with Crippen LogP contribution in [0.2, 0.25) is 0 Å². The number of carbonyl (C=O) groups excluding carboxylic acids is 3. The van der Waals surface area contributed by atoms with Crippen LogP contribution in [0.4, 0.5) is 4.79 Å². The van der Waals surface area contributed by atoms with Crippen molar-refractivity contribution in [1.82, 2.24) is 30.2 Å². The third kappa shape index (κ3) is 8.56. The molecule has 0 radical (unpaired) electrons. The predicted octanol–water partition coefficient (Wildman–Crippen LogP) is 5.14. The number of aromatic nitrogens is 4. The van der Waals surface area contributed by atoms with Crippen molar-refractivity contribution in [1.29, 1.82) is 0 Å². The van der Waals surface area contributed by atoms with E-state index in [1.54, 1.807) is 29.6 Å². The summed E-state index contributed by atoms with van der Waals surface area (Å²) in [6.45, 7) is 8.29. The molecule has 0 bridgehead atoms. The van der Waals surface area contributed by atoms with Gasteiger partial charge in [0, 0.05) is 30.9 Å². The van der Waals surface area contributed by atoms with Gasteiger partial charge in [-0.3, -0.25) is 24.4 Å². The molecule has 1 saturated carbocycles. The number of aromatic amines is 1. The van der Waals surface area contributed by atoms with Crippen molar-refractivity contribution in [2.75, 3.05) is 13.1 Å². The van der Waals surface area contributed by atoms with Crippen LogP contribution in [0.5, 0.6) is 5.75 Å². The zero-order chi connectivity index (χ0) is 34.3. The van der Waals surface area contributed by atoms with E-state index >= 15 is 0 Å². The van der Waals surface area contributed by atoms with Crippen LogP contribution in [-0.4, -0.2) is 67.4 Å². The first-order valence-electron chi connectivity index (χ1n) is 17.2. The highest BCUT2D eigenvalue weighted by molar-refractivity contribution is 5.92. The molecule has 4 unspecified atom stereocenters. The minimum absolute atomic E-state index is 0.0635. The van der Waals surface area contributed by atoms with Crippen molar-refractivity contribution < 1.29 is 23.9 Å². The Hall–Kier alpha value is -4.35. The third-order valence-corrected chi connectivity index (χ3v) is 9.88. The highest BCUT2D eigenvalue weighted by Gasteiger charge is 2.42. The largest absolute Gasteiger partial charge is 0.487 e. The average molecular weight is 661 g/mol. The second-order valence-corrected chi connectivity index (χ2v) is 13.8. The molecule has 48 heavy (non-hydrogen) atoms. The topological polar surface area (TPSA) is 156 Å². The summed E-state index contributed by atoms with van der Waals surface area (Å²) in [4.78, 5) is 68.6. The molecule has 12 nitrogen and oxygen atoms in total. The van der Waals surface area contributed by atoms with Crippen LogP contribution >= 0.6 is 0 Å². The van der Waals surface area contributed by atoms with Crippen molar-refractivity contribution in [3.05, 3.63) is 58.5 Å². The monoisotopic (exact) mass is 660 g/mol. The number of hydrogen-bond acceptors (Lipinski definition) is 9. The zero-order valence-corrected chi connectivity index (χ0v) is 28.5. The highest BCUT2D eigenvalue weighted by atomic mass is 16.6. The number of likely N-dealkylation sites (tertiary alicyclic amines) is 1. The zero-order valence-electron chi connectivity index (χ0n) is 28.5. The van der Waals surface area contributed by atoms with E-state index in [2.05, 4.69) is 25.3 Å². The van der Waals surface area contributed by atoms with Gasteiger partial charge in [-0.25, -0.2) is 9.78 Å². The van der Waals surface area contributed by atoms with E-state index in [-0.39, 0.29) is 48.2 Å². The van der Waals surface area contributed by atoms with Gasteiger partial charge in [-0.1, -0.05) is 33.6 Å². The van der Waals surface area contributed by atoms with Crippen LogP contribution in [0.1, 0.15) is 90.4 Å². The van der Waals surface area contributed by atoms with Crippen LogP contribution in [0.25, 0.3) is 11.0 Å². The molecule has 5 rings (SSSR count). The fourth-order valence-corrected chi connectivity index (χ4v) is 7.08. The summed E-state index contributed by atoms with van der Waals surface area (Å²) in [7, 11) is 0. The van der Waals surface area contributed by atoms with Crippen molar-refractivity contribution >= 4 is 28.8 Å². The fraction of sp³-hybridized carbons (Fsp3) is 0.583. The number of carbonyl (C=O) groups is 3. The first-order chi connectivity index (χ1) is 23.0. The minimum atomic E-state index is -0.598. The molecule has 3 aromatic rings. The van der Waals surface area contributed by atoms with Crippen LogP contribution in [-0.2, 0) is 27.4 Å². The van der Waals surface area contributed by atoms with Gasteiger partial charge in [-0.05, 0) is 75.8 Å². The van der Waals surface area contributed by atoms with Crippen LogP contribution in [0, 0.1) is 17.8 Å². The summed E-state index contributed by atoms with van der Waals surface area (Å²) in [5, 5.41) is 2.65. The van der Waals surface area contributed by atoms with Gasteiger partial charge in [0.25, 0.3) is 5.56 Å². The summed E-state index contributed by atoms with van der Waals surface area (Å²) in [5.74, 6) is 0.592. The molecule has 2 aliphatic rings. The molecule has 12 heteroatoms. The number of hydrogen-bond donors (Lipinski definition) is 2. The predicted molar refractivity (Wildman–Crippen MR) is 180 cm³/mol. The van der Waals surface area contributed by atoms with Crippen LogP contribution in [0.3, 0.4) is 0 Å². The third-order valence-electron chi connectivity index (χ3n) is 9.88. The van der Waals surface area contributed by atoms with Gasteiger partial charge >= 0.3 is 6.09 Å². The molecular formula is C36H48N6O6. The Bertz CT molecular complexity index is 1640. The van der Waals surface area contributed by atoms with Gasteiger partial charge in [-0.15, -0.1) is 0 Å². The first-order valence-corrected chi connectivity index (χ1v) is 17.2. The number of Topliss-reactive ketones (excluding diaryl/α,β-unsaturated/α-hetero) is 1. The Balaban J connectivity index is 1.05. The summed E-state index contributed by atoms with van der Waals surface area (Å²) in [6, 6.07) is 5.00. The maximum absolute atomic E-state index is 13.0. The molecule has 1 aliphatic carbocycles. The number of H-pyrrole nitrogens is 1. The van der Waals surface area contributed by atoms with Crippen molar-refractivity contribution in [3.8, 4) is 5.75 Å². The van der Waals surface area contributed by atoms with Crippen molar-refractivity contribution in [2.24, 2.45) is 17.8 Å². The molecule has 1 aliphatic heterocycles. The van der Waals surface area contributed by atoms with E-state index in [1.165, 1.54) is 0 Å². The Morgan fingerprint density at radius 1 is 1.15 bits per heavy atom. The van der Waals surface area contributed by atoms with Crippen LogP contribution < -0.4 is 15.6 Å². The van der Waals surface area contributed by atoms with E-state index in [1.807, 2.05) is 39.8 Å². The number of benzene rings is 1. The quantitative estimate of drug-likeness (QED) is 0.224. The number of fused-ring (bicyclic) bond motifs is 1. The van der Waals surface area contributed by atoms with Gasteiger partial charge in [-0.2, -0.15) is 0 Å². The smallest absolute Gasteiger partial charge is 0.408 e. The molecular weight excluding hydrogens is 612 g/mol. The molecule has 258 valence electrons. The SMILES string of the molecule is CC(C)C(=O)C1C(C)CCN1C(=O)CNC(=O)OC1(C)CCCC1CCCCCc1nc2ccc(OCc3cnccn3)cc2[nH]c1=O. The number of aryl methyl sites for hydroxylation is 1. The standard InChI is InChI=1S/C36H48N6O6/c1-23(2)33(44)32-24(3)14-18-42(32)31(43)21-39-35(46)48-36(4)15-8-10-25(36)9-6-5-7-11-29-34(45)41-30-19-27(12-13-28(30)40-29)47-22-26-20-37-16-17-38-26/h12-13,16-17,19-20,23-25,32H,5-11,14-15,18,21-22H2,1-4H3,(H,39,46)(H,41,45). The molecule has 2 fully saturated rings. The maximum atomic E-state index is 13.0. The van der Waals surface area contributed by atoms with Gasteiger partial charge < -0.3 is 24.7 Å². The number of nitrogens with one attached hydrogen (secondary N) is 2. The Morgan fingerprint density at radius 3 is 2.75 bits per heavy atom. The number of ether oxygens (including phenoxy) is 2. The summed E-state index contributed by atoms with van der Waals surface area (Å²) < 4.78 is 11.7. The Kier molecular flexibility index (Phi) is 11.4. The second-order valence-electron chi connectivity index (χ2n) is 13.8. The lowest BCUT2D eigenvalue weighted by Crippen LogP contribution is -2.49. The van der Waals surface area contributed by atoms with Gasteiger partial charge in [0.2, 0.25) is 5.91 Å². The molecule has 0 spiro atoms. The van der Waals surface area contributed by atoms with Crippen molar-refractivity contribution in [3.63, 3.8) is 0 Å². The highest BCUT2D eigenvalue weighted by Crippen LogP contribution is 2.41. The fourth-order valence-electron chi connectivity index (χ4n) is 7.08. The van der Waals surface area contributed by atoms with E-state index in [0.29, 0.717) is 41.1 Å². The number of amides is 2. The Labute approximate surface area is 281 Å². The molecule has 4 atom stereocenters. The number of ketones is 1. The number of rotatable bonds is 14. The van der Waals surface area contributed by atoms with E-state index in [4.69, 9.17) is 9.47 Å². The summed E-state index contributed by atoms with van der Waals surface area (Å²) in [6.07, 6.45) is 11.9. The van der Waals surface area contributed by atoms with Gasteiger partial charge in [0.15, 0.2) is 5.78 Å². The van der Waals surface area contributed by atoms with Gasteiger partial charge in [0.05, 0.1) is 29.0 Å². The number of nitrogens with zero attached hydrogens (tertiary/aromatic N) is 4. The molecule has 2 amide bonds. The Morgan fingerprint density at radius 2 is 1.98 bits per heavy atom. The van der Waals surface area contributed by atoms with E-state index < -0.39 is 17.7 Å². The minimum Gasteiger partial charge on any atom is -0.487 e. The van der Waals surface area contributed by atoms with E-state index in [0.717, 1.165) is 51.4 Å². The van der Waals surface area contributed by atoms with Gasteiger partial charge in [0.1, 0.15) is 30.2 Å². The molecule has 1 saturated heterocycles. The molecule has 3 heterocycles. The number of alkyl carbamates (subject to hydrolysis) is 1. The molecule has 2 N–H and O–H groups in total. The summed E-state index contributed by atoms with van der Waals surface area (Å²) >= 11 is 0. The molecule has 1 aromatic carbocycles. The maximum Gasteiger partial charge on any atom is 0.408 e. The first kappa shape index (κ1) is 35.0. The van der Waals surface area contributed by atoms with Crippen molar-refractivity contribution in [2.45, 2.75) is 104 Å². The lowest BCUT2D eigenvalue weighted by atomic mass is 9.87. The van der Waals surface area contributed by atoms with Crippen LogP contribution in [0.15, 0.2) is 41.6 Å². The molecule has 2 aromatic heterocycles. The lowest BCUT2D eigenvalue weighted by Gasteiger charge is -2.32. The normalized spacial score (nSPS) is 22.3. The second kappa shape index (κ2) is 15.7. The summed E-state index contributed by atoms with van der Waals surface area (Å²) in [5.41, 5.74) is 1.75. The van der Waals surface area contributed by atoms with E-state index in [9.17, 15) is 19.2 Å². The lowest BCUT2D eigenvalue weighted by molar-refractivity contribution is -0.139. The number of unbranched alkanes of at least 4 members (excludes halogenated alkanes) is 2.